The highest BCUT2D eigenvalue weighted by molar-refractivity contribution is 5.76. The Labute approximate surface area is 88.9 Å². The number of carbonyl (C=O) groups is 1. The van der Waals surface area contributed by atoms with Crippen LogP contribution in [0.1, 0.15) is 18.4 Å². The lowest BCUT2D eigenvalue weighted by Crippen LogP contribution is -2.77. The topological polar surface area (TPSA) is 95.4 Å². The second kappa shape index (κ2) is 4.91. The van der Waals surface area contributed by atoms with Gasteiger partial charge in [0.2, 0.25) is 0 Å². The highest BCUT2D eigenvalue weighted by Gasteiger charge is 2.32. The third-order valence-corrected chi connectivity index (χ3v) is 2.57. The van der Waals surface area contributed by atoms with Gasteiger partial charge in [0.05, 0.1) is 6.54 Å². The maximum absolute atomic E-state index is 11.1. The Balaban J connectivity index is 2.96. The normalized spacial score (nSPS) is 14.5. The second-order valence-corrected chi connectivity index (χ2v) is 3.69. The van der Waals surface area contributed by atoms with Gasteiger partial charge in [0.1, 0.15) is 5.97 Å². The van der Waals surface area contributed by atoms with Crippen LogP contribution in [0.3, 0.4) is 0 Å². The first-order valence-electron chi connectivity index (χ1n) is 5.03. The number of aliphatic carboxylic acids is 1. The minimum atomic E-state index is -1.14. The zero-order chi connectivity index (χ0) is 11.3. The first kappa shape index (κ1) is 11.7. The van der Waals surface area contributed by atoms with Gasteiger partial charge in [0, 0.05) is 18.4 Å². The van der Waals surface area contributed by atoms with Crippen LogP contribution in [0.5, 0.6) is 0 Å². The van der Waals surface area contributed by atoms with Crippen LogP contribution in [0.25, 0.3) is 0 Å². The van der Waals surface area contributed by atoms with Gasteiger partial charge in [-0.3, -0.25) is 0 Å². The van der Waals surface area contributed by atoms with Gasteiger partial charge in [-0.05, 0) is 0 Å². The minimum absolute atomic E-state index is 0.461. The van der Waals surface area contributed by atoms with Crippen LogP contribution >= 0.6 is 0 Å². The van der Waals surface area contributed by atoms with Gasteiger partial charge in [-0.1, -0.05) is 30.3 Å². The van der Waals surface area contributed by atoms with Crippen LogP contribution in [0.2, 0.25) is 0 Å². The summed E-state index contributed by atoms with van der Waals surface area (Å²) in [6.45, 7) is 0.706. The Kier molecular flexibility index (Phi) is 3.82. The van der Waals surface area contributed by atoms with E-state index >= 15 is 0 Å². The standard InChI is InChI=1S/C11H16N2O2/c12-8-4-7-11(13,10(14)15)9-5-2-1-3-6-9/h1-3,5-6H,4,7-8,12-13H2,(H,14,15)/p+1/t11-/m0/s1. The number of hydrogen-bond donors (Lipinski definition) is 2. The van der Waals surface area contributed by atoms with Crippen molar-refractivity contribution in [2.24, 2.45) is 0 Å². The number of quaternary nitrogens is 2. The van der Waals surface area contributed by atoms with Crippen molar-refractivity contribution in [3.05, 3.63) is 35.9 Å². The highest BCUT2D eigenvalue weighted by atomic mass is 16.4. The lowest BCUT2D eigenvalue weighted by Gasteiger charge is -2.26. The van der Waals surface area contributed by atoms with Crippen molar-refractivity contribution in [1.82, 2.24) is 0 Å². The first-order valence-corrected chi connectivity index (χ1v) is 5.03. The summed E-state index contributed by atoms with van der Waals surface area (Å²) in [5.74, 6) is -1.12. The van der Waals surface area contributed by atoms with Gasteiger partial charge < -0.3 is 21.4 Å². The predicted octanol–water partition coefficient (Wildman–Crippen LogP) is -2.10. The number of hydrogen-bond acceptors (Lipinski definition) is 2. The molecule has 1 aromatic carbocycles. The molecule has 0 unspecified atom stereocenters. The quantitative estimate of drug-likeness (QED) is 0.581. The molecule has 0 saturated heterocycles. The van der Waals surface area contributed by atoms with Crippen molar-refractivity contribution < 1.29 is 21.4 Å². The first-order chi connectivity index (χ1) is 7.11. The summed E-state index contributed by atoms with van der Waals surface area (Å²) in [5, 5.41) is 11.1. The van der Waals surface area contributed by atoms with Crippen LogP contribution in [0.4, 0.5) is 0 Å². The van der Waals surface area contributed by atoms with E-state index in [-0.39, 0.29) is 0 Å². The Morgan fingerprint density at radius 1 is 1.33 bits per heavy atom. The molecule has 4 heteroatoms. The number of rotatable bonds is 5. The van der Waals surface area contributed by atoms with Crippen molar-refractivity contribution in [2.75, 3.05) is 6.54 Å². The van der Waals surface area contributed by atoms with Crippen LogP contribution in [-0.4, -0.2) is 12.5 Å². The van der Waals surface area contributed by atoms with Crippen LogP contribution < -0.4 is 16.6 Å². The summed E-state index contributed by atoms with van der Waals surface area (Å²) in [4.78, 5) is 11.1. The Bertz CT molecular complexity index is 327. The fourth-order valence-electron chi connectivity index (χ4n) is 1.55. The molecule has 0 aliphatic rings. The summed E-state index contributed by atoms with van der Waals surface area (Å²) in [7, 11) is 0. The van der Waals surface area contributed by atoms with Crippen molar-refractivity contribution in [3.8, 4) is 0 Å². The molecule has 0 heterocycles. The molecule has 1 aromatic rings. The van der Waals surface area contributed by atoms with E-state index in [2.05, 4.69) is 11.5 Å². The molecule has 0 aliphatic heterocycles. The van der Waals surface area contributed by atoms with E-state index in [9.17, 15) is 9.90 Å². The Hall–Kier alpha value is -1.39. The minimum Gasteiger partial charge on any atom is -0.543 e. The van der Waals surface area contributed by atoms with Crippen molar-refractivity contribution >= 4 is 5.97 Å². The molecule has 0 amide bonds. The average molecular weight is 209 g/mol. The summed E-state index contributed by atoms with van der Waals surface area (Å²) in [5.41, 5.74) is 7.04. The fourth-order valence-corrected chi connectivity index (χ4v) is 1.55. The van der Waals surface area contributed by atoms with Crippen molar-refractivity contribution in [1.29, 1.82) is 0 Å². The highest BCUT2D eigenvalue weighted by Crippen LogP contribution is 2.20. The molecule has 4 nitrogen and oxygen atoms in total. The SMILES string of the molecule is [NH3+]CCC[C@@]([NH3+])(C(=O)[O-])c1ccccc1. The third kappa shape index (κ3) is 2.55. The largest absolute Gasteiger partial charge is 0.543 e. The van der Waals surface area contributed by atoms with E-state index in [1.54, 1.807) is 12.1 Å². The molecule has 0 spiro atoms. The average Bonchev–Trinajstić information content (AvgIpc) is 2.27. The van der Waals surface area contributed by atoms with Crippen LogP contribution in [0, 0.1) is 0 Å². The van der Waals surface area contributed by atoms with E-state index in [1.807, 2.05) is 18.2 Å². The molecule has 15 heavy (non-hydrogen) atoms. The van der Waals surface area contributed by atoms with Crippen molar-refractivity contribution in [3.63, 3.8) is 0 Å². The molecule has 0 bridgehead atoms. The lowest BCUT2D eigenvalue weighted by atomic mass is 9.86. The van der Waals surface area contributed by atoms with Gasteiger partial charge in [-0.25, -0.2) is 0 Å². The predicted molar refractivity (Wildman–Crippen MR) is 53.0 cm³/mol. The zero-order valence-electron chi connectivity index (χ0n) is 8.74. The Morgan fingerprint density at radius 3 is 2.40 bits per heavy atom. The van der Waals surface area contributed by atoms with Gasteiger partial charge in [0.25, 0.3) is 0 Å². The maximum Gasteiger partial charge on any atom is 0.160 e. The molecule has 0 saturated carbocycles. The number of carboxylic acid groups (broad SMARTS) is 1. The molecule has 0 radical (unpaired) electrons. The van der Waals surface area contributed by atoms with Crippen molar-refractivity contribution in [2.45, 2.75) is 18.4 Å². The van der Waals surface area contributed by atoms with E-state index in [4.69, 9.17) is 0 Å². The zero-order valence-corrected chi connectivity index (χ0v) is 8.74. The molecular weight excluding hydrogens is 192 g/mol. The monoisotopic (exact) mass is 209 g/mol. The number of carboxylic acids is 1. The molecular formula is C11H17N2O2+. The number of benzene rings is 1. The summed E-state index contributed by atoms with van der Waals surface area (Å²) in [6.07, 6.45) is 1.19. The molecule has 1 atom stereocenters. The number of carbonyl (C=O) groups excluding carboxylic acids is 1. The van der Waals surface area contributed by atoms with E-state index in [1.165, 1.54) is 0 Å². The smallest absolute Gasteiger partial charge is 0.160 e. The maximum atomic E-state index is 11.1. The van der Waals surface area contributed by atoms with Gasteiger partial charge in [-0.15, -0.1) is 0 Å². The second-order valence-electron chi connectivity index (χ2n) is 3.69. The molecule has 6 N–H and O–H groups in total. The van der Waals surface area contributed by atoms with E-state index in [0.717, 1.165) is 6.42 Å². The molecule has 1 rings (SSSR count). The van der Waals surface area contributed by atoms with Crippen LogP contribution in [-0.2, 0) is 10.3 Å². The van der Waals surface area contributed by atoms with E-state index < -0.39 is 11.5 Å². The Morgan fingerprint density at radius 2 is 1.93 bits per heavy atom. The summed E-state index contributed by atoms with van der Waals surface area (Å²) >= 11 is 0. The van der Waals surface area contributed by atoms with Gasteiger partial charge in [-0.2, -0.15) is 0 Å². The van der Waals surface area contributed by atoms with Crippen LogP contribution in [0.15, 0.2) is 30.3 Å². The van der Waals surface area contributed by atoms with Gasteiger partial charge in [0.15, 0.2) is 5.54 Å². The molecule has 0 aromatic heterocycles. The van der Waals surface area contributed by atoms with Gasteiger partial charge >= 0.3 is 0 Å². The molecule has 0 fully saturated rings. The summed E-state index contributed by atoms with van der Waals surface area (Å²) < 4.78 is 0. The van der Waals surface area contributed by atoms with E-state index in [0.29, 0.717) is 18.5 Å². The summed E-state index contributed by atoms with van der Waals surface area (Å²) in [6, 6.07) is 9.00. The lowest BCUT2D eigenvalue weighted by molar-refractivity contribution is -0.498. The fraction of sp³-hybridized carbons (Fsp3) is 0.364. The molecule has 0 aliphatic carbocycles. The molecule has 82 valence electrons. The third-order valence-electron chi connectivity index (χ3n) is 2.57.